The predicted octanol–water partition coefficient (Wildman–Crippen LogP) is 2.06. The highest BCUT2D eigenvalue weighted by atomic mass is 16.7. The van der Waals surface area contributed by atoms with E-state index in [1.54, 1.807) is 0 Å². The molecule has 7 heteroatoms. The van der Waals surface area contributed by atoms with Gasteiger partial charge in [0.25, 0.3) is 0 Å². The highest BCUT2D eigenvalue weighted by Crippen LogP contribution is 2.54. The monoisotopic (exact) mass is 402 g/mol. The van der Waals surface area contributed by atoms with Crippen molar-refractivity contribution in [3.8, 4) is 0 Å². The SMILES string of the molecule is O=C(O)CCCCCC[C@@H]1[C@H](CNNC(=O)Cc2ccccc2)[C@H]2O[C@@H]1[C@H]1O[C@H]12. The summed E-state index contributed by atoms with van der Waals surface area (Å²) in [6.07, 6.45) is 6.29. The Morgan fingerprint density at radius 2 is 1.59 bits per heavy atom. The number of fused-ring (bicyclic) bond motifs is 5. The van der Waals surface area contributed by atoms with E-state index in [1.807, 2.05) is 30.3 Å². The molecule has 1 aromatic rings. The van der Waals surface area contributed by atoms with E-state index in [2.05, 4.69) is 10.9 Å². The minimum Gasteiger partial charge on any atom is -0.481 e. The number of carbonyl (C=O) groups excluding carboxylic acids is 1. The van der Waals surface area contributed by atoms with E-state index in [0.717, 1.165) is 37.7 Å². The second kappa shape index (κ2) is 9.24. The summed E-state index contributed by atoms with van der Waals surface area (Å²) in [5.74, 6) is 0.00113. The third kappa shape index (κ3) is 4.97. The number of carbonyl (C=O) groups is 2. The maximum absolute atomic E-state index is 12.1. The molecule has 0 aliphatic carbocycles. The van der Waals surface area contributed by atoms with Gasteiger partial charge in [0.2, 0.25) is 5.91 Å². The number of hydrogen-bond acceptors (Lipinski definition) is 5. The van der Waals surface area contributed by atoms with Crippen LogP contribution in [-0.2, 0) is 25.5 Å². The van der Waals surface area contributed by atoms with Crippen LogP contribution in [0.15, 0.2) is 30.3 Å². The van der Waals surface area contributed by atoms with Crippen molar-refractivity contribution in [2.45, 2.75) is 69.4 Å². The molecule has 3 heterocycles. The van der Waals surface area contributed by atoms with Gasteiger partial charge in [-0.2, -0.15) is 0 Å². The van der Waals surface area contributed by atoms with E-state index in [9.17, 15) is 9.59 Å². The lowest BCUT2D eigenvalue weighted by Gasteiger charge is -2.26. The number of unbranched alkanes of at least 4 members (excludes halogenated alkanes) is 3. The molecule has 0 aromatic heterocycles. The smallest absolute Gasteiger partial charge is 0.303 e. The van der Waals surface area contributed by atoms with Crippen LogP contribution >= 0.6 is 0 Å². The van der Waals surface area contributed by atoms with Crippen molar-refractivity contribution in [3.05, 3.63) is 35.9 Å². The fraction of sp³-hybridized carbons (Fsp3) is 0.636. The van der Waals surface area contributed by atoms with Crippen molar-refractivity contribution in [1.29, 1.82) is 0 Å². The average Bonchev–Trinajstić information content (AvgIpc) is 3.33. The van der Waals surface area contributed by atoms with Crippen molar-refractivity contribution in [2.75, 3.05) is 6.54 Å². The first-order valence-electron chi connectivity index (χ1n) is 10.7. The maximum atomic E-state index is 12.1. The predicted molar refractivity (Wildman–Crippen MR) is 106 cm³/mol. The highest BCUT2D eigenvalue weighted by molar-refractivity contribution is 5.78. The average molecular weight is 402 g/mol. The van der Waals surface area contributed by atoms with Crippen LogP contribution in [0, 0.1) is 11.8 Å². The standard InChI is InChI=1S/C22H30N2O5/c25-17(12-14-8-4-3-5-9-14)24-23-13-16-15(10-6-1-2-7-11-18(26)27)19-21-22(29-21)20(16)28-19/h3-5,8-9,15-16,19-23H,1-2,6-7,10-13H2,(H,24,25)(H,26,27)/t15-,16+,19+,20-,21-,22+/m1/s1. The van der Waals surface area contributed by atoms with Crippen LogP contribution in [0.3, 0.4) is 0 Å². The van der Waals surface area contributed by atoms with Crippen molar-refractivity contribution < 1.29 is 24.2 Å². The number of amides is 1. The van der Waals surface area contributed by atoms with E-state index in [-0.39, 0.29) is 36.7 Å². The van der Waals surface area contributed by atoms with Crippen LogP contribution in [0.2, 0.25) is 0 Å². The first kappa shape index (κ1) is 20.3. The molecule has 29 heavy (non-hydrogen) atoms. The van der Waals surface area contributed by atoms with Crippen LogP contribution in [-0.4, -0.2) is 47.9 Å². The van der Waals surface area contributed by atoms with Gasteiger partial charge in [-0.1, -0.05) is 49.6 Å². The Labute approximate surface area is 171 Å². The number of carboxylic acid groups (broad SMARTS) is 1. The fourth-order valence-electron chi connectivity index (χ4n) is 4.93. The van der Waals surface area contributed by atoms with E-state index >= 15 is 0 Å². The minimum absolute atomic E-state index is 0.0456. The molecule has 0 radical (unpaired) electrons. The molecule has 0 unspecified atom stereocenters. The van der Waals surface area contributed by atoms with Gasteiger partial charge in [0.05, 0.1) is 18.6 Å². The summed E-state index contributed by atoms with van der Waals surface area (Å²) in [4.78, 5) is 22.7. The molecule has 6 atom stereocenters. The van der Waals surface area contributed by atoms with Crippen LogP contribution < -0.4 is 10.9 Å². The molecule has 2 bridgehead atoms. The Morgan fingerprint density at radius 1 is 0.897 bits per heavy atom. The summed E-state index contributed by atoms with van der Waals surface area (Å²) in [6.45, 7) is 0.679. The van der Waals surface area contributed by atoms with E-state index < -0.39 is 5.97 Å². The number of hydrazine groups is 1. The van der Waals surface area contributed by atoms with Gasteiger partial charge in [-0.3, -0.25) is 15.0 Å². The van der Waals surface area contributed by atoms with Gasteiger partial charge in [-0.05, 0) is 24.3 Å². The molecule has 3 aliphatic heterocycles. The molecule has 1 aromatic carbocycles. The lowest BCUT2D eigenvalue weighted by Crippen LogP contribution is -2.46. The zero-order chi connectivity index (χ0) is 20.2. The second-order valence-electron chi connectivity index (χ2n) is 8.40. The van der Waals surface area contributed by atoms with Crippen LogP contribution in [0.1, 0.15) is 44.1 Å². The summed E-state index contributed by atoms with van der Waals surface area (Å²) in [7, 11) is 0. The van der Waals surface area contributed by atoms with Crippen molar-refractivity contribution in [3.63, 3.8) is 0 Å². The third-order valence-corrected chi connectivity index (χ3v) is 6.37. The molecular formula is C22H30N2O5. The highest BCUT2D eigenvalue weighted by Gasteiger charge is 2.68. The molecule has 3 saturated heterocycles. The Balaban J connectivity index is 1.19. The lowest BCUT2D eigenvalue weighted by molar-refractivity contribution is -0.137. The lowest BCUT2D eigenvalue weighted by atomic mass is 9.76. The summed E-state index contributed by atoms with van der Waals surface area (Å²) in [6, 6.07) is 9.69. The molecule has 3 aliphatic rings. The first-order chi connectivity index (χ1) is 14.1. The Hall–Kier alpha value is -1.96. The van der Waals surface area contributed by atoms with E-state index in [0.29, 0.717) is 24.8 Å². The molecular weight excluding hydrogens is 372 g/mol. The first-order valence-corrected chi connectivity index (χ1v) is 10.7. The van der Waals surface area contributed by atoms with E-state index in [4.69, 9.17) is 14.6 Å². The third-order valence-electron chi connectivity index (χ3n) is 6.37. The number of ether oxygens (including phenoxy) is 2. The van der Waals surface area contributed by atoms with Crippen LogP contribution in [0.4, 0.5) is 0 Å². The van der Waals surface area contributed by atoms with Crippen molar-refractivity contribution in [2.24, 2.45) is 11.8 Å². The van der Waals surface area contributed by atoms with Gasteiger partial charge >= 0.3 is 5.97 Å². The molecule has 4 rings (SSSR count). The number of rotatable bonds is 12. The van der Waals surface area contributed by atoms with Gasteiger partial charge in [-0.25, -0.2) is 5.43 Å². The summed E-state index contributed by atoms with van der Waals surface area (Å²) < 4.78 is 11.9. The van der Waals surface area contributed by atoms with Gasteiger partial charge in [-0.15, -0.1) is 0 Å². The topological polar surface area (TPSA) is 100 Å². The quantitative estimate of drug-likeness (QED) is 0.281. The van der Waals surface area contributed by atoms with Crippen LogP contribution in [0.25, 0.3) is 0 Å². The van der Waals surface area contributed by atoms with Gasteiger partial charge in [0.15, 0.2) is 0 Å². The largest absolute Gasteiger partial charge is 0.481 e. The molecule has 1 amide bonds. The second-order valence-corrected chi connectivity index (χ2v) is 8.40. The summed E-state index contributed by atoms with van der Waals surface area (Å²) in [5.41, 5.74) is 6.94. The zero-order valence-corrected chi connectivity index (χ0v) is 16.6. The van der Waals surface area contributed by atoms with Gasteiger partial charge in [0, 0.05) is 18.9 Å². The van der Waals surface area contributed by atoms with Crippen LogP contribution in [0.5, 0.6) is 0 Å². The summed E-state index contributed by atoms with van der Waals surface area (Å²) in [5, 5.41) is 8.72. The Kier molecular flexibility index (Phi) is 6.47. The number of benzene rings is 1. The minimum atomic E-state index is -0.719. The molecule has 158 valence electrons. The van der Waals surface area contributed by atoms with Crippen molar-refractivity contribution >= 4 is 11.9 Å². The normalized spacial score (nSPS) is 31.4. The number of epoxide rings is 1. The molecule has 3 N–H and O–H groups in total. The molecule has 7 nitrogen and oxygen atoms in total. The fourth-order valence-corrected chi connectivity index (χ4v) is 4.93. The zero-order valence-electron chi connectivity index (χ0n) is 16.6. The van der Waals surface area contributed by atoms with Gasteiger partial charge < -0.3 is 14.6 Å². The Bertz CT molecular complexity index is 712. The number of hydrogen-bond donors (Lipinski definition) is 3. The molecule has 0 saturated carbocycles. The number of aliphatic carboxylic acids is 1. The van der Waals surface area contributed by atoms with Crippen molar-refractivity contribution in [1.82, 2.24) is 10.9 Å². The number of nitrogens with one attached hydrogen (secondary N) is 2. The van der Waals surface area contributed by atoms with E-state index in [1.165, 1.54) is 0 Å². The summed E-state index contributed by atoms with van der Waals surface area (Å²) >= 11 is 0. The maximum Gasteiger partial charge on any atom is 0.303 e. The van der Waals surface area contributed by atoms with Gasteiger partial charge in [0.1, 0.15) is 12.2 Å². The molecule has 3 fully saturated rings. The molecule has 0 spiro atoms. The Morgan fingerprint density at radius 3 is 2.34 bits per heavy atom. The number of carboxylic acids is 1.